The fourth-order valence-corrected chi connectivity index (χ4v) is 10.3. The van der Waals surface area contributed by atoms with E-state index in [-0.39, 0.29) is 0 Å². The summed E-state index contributed by atoms with van der Waals surface area (Å²) in [5.41, 5.74) is 13.0. The van der Waals surface area contributed by atoms with Crippen molar-refractivity contribution in [1.29, 1.82) is 0 Å². The Hall–Kier alpha value is -8.54. The van der Waals surface area contributed by atoms with Crippen molar-refractivity contribution in [2.75, 3.05) is 0 Å². The highest BCUT2D eigenvalue weighted by Crippen LogP contribution is 2.46. The number of aromatic nitrogens is 3. The minimum Gasteiger partial charge on any atom is -0.456 e. The number of hydrogen-bond donors (Lipinski definition) is 0. The quantitative estimate of drug-likeness (QED) is 0.163. The van der Waals surface area contributed by atoms with Crippen LogP contribution in [0.5, 0.6) is 0 Å². The summed E-state index contributed by atoms with van der Waals surface area (Å²) in [5.74, 6) is 1.49. The van der Waals surface area contributed by atoms with Crippen LogP contribution in [-0.2, 0) is 0 Å². The van der Waals surface area contributed by atoms with Crippen LogP contribution in [0, 0.1) is 0 Å². The molecule has 292 valence electrons. The van der Waals surface area contributed by atoms with E-state index in [1.54, 1.807) is 0 Å². The van der Waals surface area contributed by atoms with E-state index in [1.807, 2.05) is 18.2 Å². The highest BCUT2D eigenvalue weighted by atomic mass is 16.3. The van der Waals surface area contributed by atoms with Gasteiger partial charge in [0.15, 0.2) is 5.82 Å². The molecule has 10 aromatic carbocycles. The van der Waals surface area contributed by atoms with Gasteiger partial charge in [0, 0.05) is 49.5 Å². The molecule has 63 heavy (non-hydrogen) atoms. The highest BCUT2D eigenvalue weighted by molar-refractivity contribution is 6.35. The molecule has 4 heterocycles. The van der Waals surface area contributed by atoms with Crippen molar-refractivity contribution in [3.05, 3.63) is 200 Å². The Morgan fingerprint density at radius 3 is 1.63 bits per heavy atom. The van der Waals surface area contributed by atoms with Crippen LogP contribution in [-0.4, -0.2) is 14.5 Å². The molecule has 0 atom stereocenters. The summed E-state index contributed by atoms with van der Waals surface area (Å²) in [5, 5.41) is 11.8. The largest absolute Gasteiger partial charge is 0.456 e. The first-order chi connectivity index (χ1) is 31.2. The summed E-state index contributed by atoms with van der Waals surface area (Å²) in [7, 11) is 0. The van der Waals surface area contributed by atoms with Crippen molar-refractivity contribution < 1.29 is 8.83 Å². The maximum absolute atomic E-state index is 6.74. The zero-order valence-corrected chi connectivity index (χ0v) is 33.7. The average Bonchev–Trinajstić information content (AvgIpc) is 4.03. The molecule has 0 saturated carbocycles. The molecule has 0 saturated heterocycles. The zero-order valence-electron chi connectivity index (χ0n) is 33.7. The maximum atomic E-state index is 6.74. The molecule has 0 fully saturated rings. The van der Waals surface area contributed by atoms with E-state index in [0.717, 1.165) is 83.5 Å². The molecule has 14 aromatic rings. The molecule has 0 aliphatic rings. The SMILES string of the molecule is c1ccc(-c2nc(-c3cccc(-c4cccc5oc6cc(-c7cccc8c9cccc%10oc%11cccc(c78)c%11c%109)ccc6c45)c3)cc(-n3c4ccccc4c4ccccc43)n2)cc1. The fraction of sp³-hybridized carbons (Fsp3) is 0. The average molecular weight is 804 g/mol. The fourth-order valence-electron chi connectivity index (χ4n) is 10.3. The Bertz CT molecular complexity index is 4100. The van der Waals surface area contributed by atoms with E-state index >= 15 is 0 Å². The number of fused-ring (bicyclic) bond motifs is 9. The van der Waals surface area contributed by atoms with Crippen LogP contribution in [0.4, 0.5) is 0 Å². The van der Waals surface area contributed by atoms with E-state index in [1.165, 1.54) is 48.7 Å². The van der Waals surface area contributed by atoms with Crippen molar-refractivity contribution >= 4 is 87.2 Å². The first-order valence-electron chi connectivity index (χ1n) is 21.3. The molecule has 0 bridgehead atoms. The number of hydrogen-bond acceptors (Lipinski definition) is 4. The first-order valence-corrected chi connectivity index (χ1v) is 21.3. The van der Waals surface area contributed by atoms with Gasteiger partial charge in [0.1, 0.15) is 28.1 Å². The van der Waals surface area contributed by atoms with E-state index < -0.39 is 0 Å². The predicted molar refractivity (Wildman–Crippen MR) is 259 cm³/mol. The van der Waals surface area contributed by atoms with Crippen molar-refractivity contribution in [2.45, 2.75) is 0 Å². The third-order valence-corrected chi connectivity index (χ3v) is 13.0. The van der Waals surface area contributed by atoms with Crippen molar-refractivity contribution in [3.63, 3.8) is 0 Å². The Labute approximate surface area is 360 Å². The van der Waals surface area contributed by atoms with E-state index in [0.29, 0.717) is 5.82 Å². The van der Waals surface area contributed by atoms with Crippen molar-refractivity contribution in [3.8, 4) is 50.7 Å². The van der Waals surface area contributed by atoms with Crippen LogP contribution in [0.15, 0.2) is 209 Å². The molecule has 14 rings (SSSR count). The lowest BCUT2D eigenvalue weighted by atomic mass is 9.89. The second kappa shape index (κ2) is 13.0. The van der Waals surface area contributed by atoms with Crippen molar-refractivity contribution in [2.24, 2.45) is 0 Å². The predicted octanol–water partition coefficient (Wildman–Crippen LogP) is 15.8. The molecule has 0 aliphatic heterocycles. The number of benzene rings is 10. The van der Waals surface area contributed by atoms with E-state index in [2.05, 4.69) is 187 Å². The minimum atomic E-state index is 0.674. The third-order valence-electron chi connectivity index (χ3n) is 13.0. The topological polar surface area (TPSA) is 57.0 Å². The second-order valence-electron chi connectivity index (χ2n) is 16.4. The van der Waals surface area contributed by atoms with Gasteiger partial charge in [-0.3, -0.25) is 4.57 Å². The molecule has 0 amide bonds. The Balaban J connectivity index is 0.926. The first kappa shape index (κ1) is 34.2. The van der Waals surface area contributed by atoms with Crippen LogP contribution in [0.3, 0.4) is 0 Å². The van der Waals surface area contributed by atoms with E-state index in [9.17, 15) is 0 Å². The Morgan fingerprint density at radius 2 is 0.857 bits per heavy atom. The summed E-state index contributed by atoms with van der Waals surface area (Å²) >= 11 is 0. The second-order valence-corrected chi connectivity index (χ2v) is 16.4. The zero-order chi connectivity index (χ0) is 41.2. The normalized spacial score (nSPS) is 12.1. The summed E-state index contributed by atoms with van der Waals surface area (Å²) in [6.45, 7) is 0. The van der Waals surface area contributed by atoms with Gasteiger partial charge >= 0.3 is 0 Å². The Kier molecular flexibility index (Phi) is 7.05. The van der Waals surface area contributed by atoms with Gasteiger partial charge in [0.25, 0.3) is 0 Å². The molecular weight excluding hydrogens is 771 g/mol. The molecule has 0 radical (unpaired) electrons. The smallest absolute Gasteiger partial charge is 0.162 e. The van der Waals surface area contributed by atoms with Gasteiger partial charge in [-0.15, -0.1) is 0 Å². The molecule has 5 heteroatoms. The highest BCUT2D eigenvalue weighted by Gasteiger charge is 2.21. The van der Waals surface area contributed by atoms with Gasteiger partial charge in [-0.25, -0.2) is 9.97 Å². The van der Waals surface area contributed by atoms with E-state index in [4.69, 9.17) is 18.8 Å². The molecule has 0 N–H and O–H groups in total. The standard InChI is InChI=1S/C58H33N3O2/c1-2-13-34(14-3-1)58-59-46(33-53(60-58)61-47-24-6-4-17-40(47)41-18-5-7-25-48(41)61)37-16-8-15-35(31-37)39-20-10-26-49-55(39)44-30-29-36(32-52(44)63-49)38-19-9-21-42-43-22-11-27-50-56(43)57-45(54(38)42)23-12-28-51(57)62-50/h1-33H. The van der Waals surface area contributed by atoms with Crippen LogP contribution in [0.1, 0.15) is 0 Å². The number of rotatable bonds is 5. The van der Waals surface area contributed by atoms with Gasteiger partial charge in [0.2, 0.25) is 0 Å². The molecule has 0 aliphatic carbocycles. The monoisotopic (exact) mass is 803 g/mol. The van der Waals surface area contributed by atoms with Crippen LogP contribution in [0.2, 0.25) is 0 Å². The number of furan rings is 2. The molecule has 0 spiro atoms. The summed E-state index contributed by atoms with van der Waals surface area (Å²) in [6.07, 6.45) is 0. The lowest BCUT2D eigenvalue weighted by molar-refractivity contribution is 0.669. The molecular formula is C58H33N3O2. The molecule has 5 nitrogen and oxygen atoms in total. The van der Waals surface area contributed by atoms with Crippen LogP contribution in [0.25, 0.3) is 138 Å². The Morgan fingerprint density at radius 1 is 0.317 bits per heavy atom. The third kappa shape index (κ3) is 4.99. The van der Waals surface area contributed by atoms with Gasteiger partial charge < -0.3 is 8.83 Å². The number of nitrogens with zero attached hydrogens (tertiary/aromatic N) is 3. The number of para-hydroxylation sites is 2. The maximum Gasteiger partial charge on any atom is 0.162 e. The van der Waals surface area contributed by atoms with Gasteiger partial charge in [-0.05, 0) is 92.3 Å². The lowest BCUT2D eigenvalue weighted by Crippen LogP contribution is -2.02. The summed E-state index contributed by atoms with van der Waals surface area (Å²) < 4.78 is 15.4. The molecule has 0 unspecified atom stereocenters. The minimum absolute atomic E-state index is 0.674. The van der Waals surface area contributed by atoms with Crippen LogP contribution >= 0.6 is 0 Å². The van der Waals surface area contributed by atoms with Crippen LogP contribution < -0.4 is 0 Å². The van der Waals surface area contributed by atoms with Gasteiger partial charge in [-0.1, -0.05) is 146 Å². The summed E-state index contributed by atoms with van der Waals surface area (Å²) in [4.78, 5) is 10.5. The lowest BCUT2D eigenvalue weighted by Gasteiger charge is -2.13. The van der Waals surface area contributed by atoms with Gasteiger partial charge in [-0.2, -0.15) is 0 Å². The van der Waals surface area contributed by atoms with Crippen molar-refractivity contribution in [1.82, 2.24) is 14.5 Å². The molecule has 4 aromatic heterocycles. The van der Waals surface area contributed by atoms with Gasteiger partial charge in [0.05, 0.1) is 16.7 Å². The summed E-state index contributed by atoms with van der Waals surface area (Å²) in [6, 6.07) is 70.6.